The highest BCUT2D eigenvalue weighted by Crippen LogP contribution is 2.23. The smallest absolute Gasteiger partial charge is 0.270 e. The fraction of sp³-hybridized carbons (Fsp3) is 0.200. The Morgan fingerprint density at radius 3 is 2.55 bits per heavy atom. The zero-order valence-electron chi connectivity index (χ0n) is 11.0. The van der Waals surface area contributed by atoms with Gasteiger partial charge in [-0.25, -0.2) is 0 Å². The molecule has 0 aromatic heterocycles. The van der Waals surface area contributed by atoms with Crippen molar-refractivity contribution in [1.82, 2.24) is 5.32 Å². The van der Waals surface area contributed by atoms with Gasteiger partial charge in [-0.3, -0.25) is 10.1 Å². The van der Waals surface area contributed by atoms with Gasteiger partial charge in [0, 0.05) is 24.7 Å². The molecule has 2 aromatic carbocycles. The lowest BCUT2D eigenvalue weighted by atomic mass is 10.1. The molecule has 2 rings (SSSR count). The third kappa shape index (κ3) is 3.56. The van der Waals surface area contributed by atoms with Crippen LogP contribution in [-0.4, -0.2) is 4.92 Å². The molecule has 20 heavy (non-hydrogen) atoms. The van der Waals surface area contributed by atoms with E-state index in [2.05, 4.69) is 24.4 Å². The molecule has 2 aromatic rings. The van der Waals surface area contributed by atoms with Crippen LogP contribution in [0.4, 0.5) is 5.69 Å². The molecular formula is C15H15ClN2O2. The number of nitrogens with one attached hydrogen (secondary N) is 1. The Morgan fingerprint density at radius 1 is 1.25 bits per heavy atom. The van der Waals surface area contributed by atoms with E-state index in [9.17, 15) is 10.1 Å². The third-order valence-corrected chi connectivity index (χ3v) is 3.50. The van der Waals surface area contributed by atoms with Crippen LogP contribution in [0.15, 0.2) is 48.5 Å². The number of benzene rings is 2. The summed E-state index contributed by atoms with van der Waals surface area (Å²) in [5.41, 5.74) is 2.04. The second-order valence-corrected chi connectivity index (χ2v) is 4.95. The quantitative estimate of drug-likeness (QED) is 0.666. The maximum Gasteiger partial charge on any atom is 0.270 e. The zero-order valence-corrected chi connectivity index (χ0v) is 11.8. The summed E-state index contributed by atoms with van der Waals surface area (Å²) < 4.78 is 0. The van der Waals surface area contributed by atoms with Gasteiger partial charge in [0.15, 0.2) is 0 Å². The third-order valence-electron chi connectivity index (χ3n) is 3.15. The maximum absolute atomic E-state index is 10.6. The molecule has 0 bridgehead atoms. The van der Waals surface area contributed by atoms with Crippen LogP contribution in [-0.2, 0) is 6.54 Å². The fourth-order valence-corrected chi connectivity index (χ4v) is 2.16. The predicted molar refractivity (Wildman–Crippen MR) is 79.8 cm³/mol. The van der Waals surface area contributed by atoms with Crippen molar-refractivity contribution in [2.24, 2.45) is 0 Å². The molecule has 0 radical (unpaired) electrons. The van der Waals surface area contributed by atoms with Gasteiger partial charge in [0.05, 0.1) is 9.95 Å². The van der Waals surface area contributed by atoms with Crippen molar-refractivity contribution in [3.63, 3.8) is 0 Å². The molecule has 0 unspecified atom stereocenters. The van der Waals surface area contributed by atoms with Crippen LogP contribution in [0.2, 0.25) is 5.02 Å². The minimum absolute atomic E-state index is 0.00913. The molecule has 0 fully saturated rings. The van der Waals surface area contributed by atoms with E-state index in [1.165, 1.54) is 17.7 Å². The number of hydrogen-bond acceptors (Lipinski definition) is 3. The molecule has 0 heterocycles. The van der Waals surface area contributed by atoms with Gasteiger partial charge in [0.1, 0.15) is 0 Å². The first-order valence-corrected chi connectivity index (χ1v) is 6.67. The lowest BCUT2D eigenvalue weighted by molar-refractivity contribution is -0.384. The number of rotatable bonds is 5. The summed E-state index contributed by atoms with van der Waals surface area (Å²) in [4.78, 5) is 10.2. The van der Waals surface area contributed by atoms with E-state index < -0.39 is 4.92 Å². The van der Waals surface area contributed by atoms with E-state index in [1.807, 2.05) is 18.2 Å². The molecule has 0 amide bonds. The van der Waals surface area contributed by atoms with Crippen molar-refractivity contribution < 1.29 is 4.92 Å². The number of nitro benzene ring substituents is 1. The van der Waals surface area contributed by atoms with Gasteiger partial charge in [-0.15, -0.1) is 0 Å². The van der Waals surface area contributed by atoms with E-state index in [4.69, 9.17) is 11.6 Å². The highest BCUT2D eigenvalue weighted by Gasteiger charge is 2.10. The molecule has 4 nitrogen and oxygen atoms in total. The summed E-state index contributed by atoms with van der Waals surface area (Å²) in [6, 6.07) is 14.8. The van der Waals surface area contributed by atoms with E-state index in [1.54, 1.807) is 6.07 Å². The first-order valence-electron chi connectivity index (χ1n) is 6.29. The molecular weight excluding hydrogens is 276 g/mol. The first-order chi connectivity index (χ1) is 9.58. The number of non-ortho nitro benzene ring substituents is 1. The average Bonchev–Trinajstić information content (AvgIpc) is 2.46. The monoisotopic (exact) mass is 290 g/mol. The van der Waals surface area contributed by atoms with Gasteiger partial charge in [-0.2, -0.15) is 0 Å². The Labute approximate surface area is 122 Å². The highest BCUT2D eigenvalue weighted by molar-refractivity contribution is 6.31. The minimum Gasteiger partial charge on any atom is -0.306 e. The SMILES string of the molecule is C[C@@H](NCc1ccc([N+](=O)[O-])cc1Cl)c1ccccc1. The van der Waals surface area contributed by atoms with E-state index in [0.717, 1.165) is 5.56 Å². The van der Waals surface area contributed by atoms with Crippen molar-refractivity contribution in [1.29, 1.82) is 0 Å². The van der Waals surface area contributed by atoms with Gasteiger partial charge < -0.3 is 5.32 Å². The van der Waals surface area contributed by atoms with Crippen molar-refractivity contribution in [3.8, 4) is 0 Å². The zero-order chi connectivity index (χ0) is 14.5. The molecule has 0 spiro atoms. The highest BCUT2D eigenvalue weighted by atomic mass is 35.5. The fourth-order valence-electron chi connectivity index (χ4n) is 1.92. The van der Waals surface area contributed by atoms with Crippen molar-refractivity contribution in [2.45, 2.75) is 19.5 Å². The molecule has 0 aliphatic heterocycles. The van der Waals surface area contributed by atoms with Crippen LogP contribution in [0, 0.1) is 10.1 Å². The summed E-state index contributed by atoms with van der Waals surface area (Å²) >= 11 is 6.06. The molecule has 1 atom stereocenters. The van der Waals surface area contributed by atoms with E-state index in [-0.39, 0.29) is 11.7 Å². The Balaban J connectivity index is 2.02. The van der Waals surface area contributed by atoms with Crippen LogP contribution in [0.3, 0.4) is 0 Å². The molecule has 0 saturated heterocycles. The lowest BCUT2D eigenvalue weighted by Gasteiger charge is -2.14. The van der Waals surface area contributed by atoms with Crippen LogP contribution in [0.1, 0.15) is 24.1 Å². The Kier molecular flexibility index (Phi) is 4.71. The summed E-state index contributed by atoms with van der Waals surface area (Å²) in [5, 5.41) is 14.4. The molecule has 0 aliphatic rings. The van der Waals surface area contributed by atoms with E-state index in [0.29, 0.717) is 11.6 Å². The lowest BCUT2D eigenvalue weighted by Crippen LogP contribution is -2.18. The number of hydrogen-bond donors (Lipinski definition) is 1. The summed E-state index contributed by atoms with van der Waals surface area (Å²) in [6.45, 7) is 2.63. The Bertz CT molecular complexity index is 602. The summed E-state index contributed by atoms with van der Waals surface area (Å²) in [5.74, 6) is 0. The van der Waals surface area contributed by atoms with Crippen molar-refractivity contribution >= 4 is 17.3 Å². The van der Waals surface area contributed by atoms with Gasteiger partial charge >= 0.3 is 0 Å². The molecule has 0 aliphatic carbocycles. The largest absolute Gasteiger partial charge is 0.306 e. The Hall–Kier alpha value is -1.91. The second kappa shape index (κ2) is 6.50. The van der Waals surface area contributed by atoms with Crippen LogP contribution >= 0.6 is 11.6 Å². The molecule has 0 saturated carbocycles. The van der Waals surface area contributed by atoms with Gasteiger partial charge in [0.25, 0.3) is 5.69 Å². The summed E-state index contributed by atoms with van der Waals surface area (Å²) in [7, 11) is 0. The average molecular weight is 291 g/mol. The topological polar surface area (TPSA) is 55.2 Å². The van der Waals surface area contributed by atoms with Crippen molar-refractivity contribution in [2.75, 3.05) is 0 Å². The Morgan fingerprint density at radius 2 is 1.95 bits per heavy atom. The van der Waals surface area contributed by atoms with Crippen LogP contribution < -0.4 is 5.32 Å². The van der Waals surface area contributed by atoms with Crippen LogP contribution in [0.5, 0.6) is 0 Å². The number of nitro groups is 1. The van der Waals surface area contributed by atoms with Crippen LogP contribution in [0.25, 0.3) is 0 Å². The molecule has 5 heteroatoms. The molecule has 104 valence electrons. The normalized spacial score (nSPS) is 12.1. The van der Waals surface area contributed by atoms with Crippen molar-refractivity contribution in [3.05, 3.63) is 74.8 Å². The standard InChI is InChI=1S/C15H15ClN2O2/c1-11(12-5-3-2-4-6-12)17-10-13-7-8-14(18(19)20)9-15(13)16/h2-9,11,17H,10H2,1H3/t11-/m1/s1. The predicted octanol–water partition coefficient (Wildman–Crippen LogP) is 4.10. The minimum atomic E-state index is -0.449. The molecule has 1 N–H and O–H groups in total. The first kappa shape index (κ1) is 14.5. The number of nitrogens with zero attached hydrogens (tertiary/aromatic N) is 1. The maximum atomic E-state index is 10.6. The van der Waals surface area contributed by atoms with Gasteiger partial charge in [-0.05, 0) is 24.1 Å². The van der Waals surface area contributed by atoms with Gasteiger partial charge in [-0.1, -0.05) is 41.9 Å². The van der Waals surface area contributed by atoms with Gasteiger partial charge in [0.2, 0.25) is 0 Å². The second-order valence-electron chi connectivity index (χ2n) is 4.55. The van der Waals surface area contributed by atoms with E-state index >= 15 is 0 Å². The summed E-state index contributed by atoms with van der Waals surface area (Å²) in [6.07, 6.45) is 0. The number of halogens is 1.